The Morgan fingerprint density at radius 2 is 2.31 bits per heavy atom. The van der Waals surface area contributed by atoms with E-state index in [4.69, 9.17) is 9.47 Å². The molecule has 1 heterocycles. The molecule has 0 amide bonds. The fourth-order valence-corrected chi connectivity index (χ4v) is 1.76. The molecule has 0 N–H and O–H groups in total. The lowest BCUT2D eigenvalue weighted by Gasteiger charge is -2.16. The lowest BCUT2D eigenvalue weighted by atomic mass is 10.1. The molecular weight excluding hydrogens is 232 g/mol. The molecule has 0 saturated carbocycles. The minimum Gasteiger partial charge on any atom is -0.493 e. The second-order valence-electron chi connectivity index (χ2n) is 2.71. The zero-order valence-electron chi connectivity index (χ0n) is 7.21. The highest BCUT2D eigenvalue weighted by Crippen LogP contribution is 2.38. The maximum atomic E-state index is 5.48. The Labute approximate surface area is 85.3 Å². The van der Waals surface area contributed by atoms with Gasteiger partial charge in [-0.2, -0.15) is 0 Å². The van der Waals surface area contributed by atoms with E-state index in [1.165, 1.54) is 0 Å². The van der Waals surface area contributed by atoms with Crippen LogP contribution in [0.4, 0.5) is 0 Å². The van der Waals surface area contributed by atoms with Gasteiger partial charge in [0.1, 0.15) is 6.61 Å². The third kappa shape index (κ3) is 1.44. The Hall–Kier alpha value is -0.960. The van der Waals surface area contributed by atoms with Crippen molar-refractivity contribution in [2.24, 2.45) is 0 Å². The van der Waals surface area contributed by atoms with Crippen molar-refractivity contribution in [1.29, 1.82) is 0 Å². The van der Waals surface area contributed by atoms with Crippen LogP contribution in [-0.4, -0.2) is 13.7 Å². The molecule has 1 aromatic rings. The number of hydrogen-bond donors (Lipinski definition) is 0. The van der Waals surface area contributed by atoms with Gasteiger partial charge in [-0.3, -0.25) is 0 Å². The Morgan fingerprint density at radius 1 is 1.46 bits per heavy atom. The molecule has 0 aliphatic carbocycles. The monoisotopic (exact) mass is 240 g/mol. The van der Waals surface area contributed by atoms with Crippen molar-refractivity contribution in [3.8, 4) is 11.5 Å². The SMILES string of the molecule is COc1ccc(Br)c2c1OCC=C2. The van der Waals surface area contributed by atoms with Crippen molar-refractivity contribution < 1.29 is 9.47 Å². The van der Waals surface area contributed by atoms with Gasteiger partial charge in [0.15, 0.2) is 11.5 Å². The molecule has 0 atom stereocenters. The number of methoxy groups -OCH3 is 1. The fourth-order valence-electron chi connectivity index (χ4n) is 1.32. The van der Waals surface area contributed by atoms with E-state index in [1.54, 1.807) is 7.11 Å². The van der Waals surface area contributed by atoms with E-state index in [9.17, 15) is 0 Å². The average molecular weight is 241 g/mol. The molecule has 0 aromatic heterocycles. The second-order valence-corrected chi connectivity index (χ2v) is 3.56. The summed E-state index contributed by atoms with van der Waals surface area (Å²) < 4.78 is 11.7. The summed E-state index contributed by atoms with van der Waals surface area (Å²) in [7, 11) is 1.64. The van der Waals surface area contributed by atoms with Crippen LogP contribution in [-0.2, 0) is 0 Å². The minimum atomic E-state index is 0.611. The Balaban J connectivity index is 2.61. The number of ether oxygens (including phenoxy) is 2. The molecule has 1 aliphatic heterocycles. The number of hydrogen-bond acceptors (Lipinski definition) is 2. The van der Waals surface area contributed by atoms with Crippen LogP contribution in [0.1, 0.15) is 5.56 Å². The molecule has 3 heteroatoms. The van der Waals surface area contributed by atoms with E-state index in [-0.39, 0.29) is 0 Å². The van der Waals surface area contributed by atoms with Crippen LogP contribution in [0.2, 0.25) is 0 Å². The third-order valence-electron chi connectivity index (χ3n) is 1.94. The van der Waals surface area contributed by atoms with Gasteiger partial charge in [0.25, 0.3) is 0 Å². The zero-order valence-corrected chi connectivity index (χ0v) is 8.80. The van der Waals surface area contributed by atoms with Gasteiger partial charge in [-0.05, 0) is 18.2 Å². The molecule has 1 aromatic carbocycles. The first-order valence-corrected chi connectivity index (χ1v) is 4.78. The molecule has 0 fully saturated rings. The van der Waals surface area contributed by atoms with Gasteiger partial charge >= 0.3 is 0 Å². The Bertz CT molecular complexity index is 358. The first-order valence-electron chi connectivity index (χ1n) is 3.99. The maximum Gasteiger partial charge on any atom is 0.169 e. The van der Waals surface area contributed by atoms with Crippen molar-refractivity contribution in [3.05, 3.63) is 28.2 Å². The van der Waals surface area contributed by atoms with E-state index in [1.807, 2.05) is 24.3 Å². The lowest BCUT2D eigenvalue weighted by Crippen LogP contribution is -2.02. The molecule has 0 unspecified atom stereocenters. The smallest absolute Gasteiger partial charge is 0.169 e. The first-order chi connectivity index (χ1) is 6.33. The van der Waals surface area contributed by atoms with Crippen molar-refractivity contribution in [1.82, 2.24) is 0 Å². The van der Waals surface area contributed by atoms with Gasteiger partial charge in [-0.25, -0.2) is 0 Å². The van der Waals surface area contributed by atoms with Crippen molar-refractivity contribution in [2.75, 3.05) is 13.7 Å². The van der Waals surface area contributed by atoms with Crippen LogP contribution < -0.4 is 9.47 Å². The highest BCUT2D eigenvalue weighted by Gasteiger charge is 2.14. The normalized spacial score (nSPS) is 13.4. The molecule has 13 heavy (non-hydrogen) atoms. The van der Waals surface area contributed by atoms with Crippen LogP contribution in [0.25, 0.3) is 6.08 Å². The van der Waals surface area contributed by atoms with Crippen molar-refractivity contribution in [3.63, 3.8) is 0 Å². The van der Waals surface area contributed by atoms with Gasteiger partial charge < -0.3 is 9.47 Å². The molecule has 68 valence electrons. The Morgan fingerprint density at radius 3 is 3.08 bits per heavy atom. The van der Waals surface area contributed by atoms with E-state index >= 15 is 0 Å². The van der Waals surface area contributed by atoms with Gasteiger partial charge in [-0.15, -0.1) is 0 Å². The summed E-state index contributed by atoms with van der Waals surface area (Å²) in [4.78, 5) is 0. The average Bonchev–Trinajstić information content (AvgIpc) is 2.19. The standard InChI is InChI=1S/C10H9BrO2/c1-12-9-5-4-8(11)7-3-2-6-13-10(7)9/h2-5H,6H2,1H3. The minimum absolute atomic E-state index is 0.611. The van der Waals surface area contributed by atoms with Gasteiger partial charge in [-0.1, -0.05) is 22.0 Å². The van der Waals surface area contributed by atoms with Crippen LogP contribution in [0.5, 0.6) is 11.5 Å². The van der Waals surface area contributed by atoms with E-state index in [0.717, 1.165) is 21.5 Å². The van der Waals surface area contributed by atoms with Gasteiger partial charge in [0, 0.05) is 10.0 Å². The molecule has 2 rings (SSSR count). The molecule has 1 aliphatic rings. The van der Waals surface area contributed by atoms with Crippen molar-refractivity contribution >= 4 is 22.0 Å². The summed E-state index contributed by atoms with van der Waals surface area (Å²) in [6, 6.07) is 3.85. The van der Waals surface area contributed by atoms with Crippen LogP contribution in [0.15, 0.2) is 22.7 Å². The van der Waals surface area contributed by atoms with Gasteiger partial charge in [0.05, 0.1) is 7.11 Å². The number of fused-ring (bicyclic) bond motifs is 1. The quantitative estimate of drug-likeness (QED) is 0.752. The second kappa shape index (κ2) is 3.42. The summed E-state index contributed by atoms with van der Waals surface area (Å²) in [6.07, 6.45) is 4.01. The maximum absolute atomic E-state index is 5.48. The summed E-state index contributed by atoms with van der Waals surface area (Å²) >= 11 is 3.46. The fraction of sp³-hybridized carbons (Fsp3) is 0.200. The summed E-state index contributed by atoms with van der Waals surface area (Å²) in [5.74, 6) is 1.60. The van der Waals surface area contributed by atoms with E-state index in [0.29, 0.717) is 6.61 Å². The highest BCUT2D eigenvalue weighted by atomic mass is 79.9. The molecule has 0 bridgehead atoms. The van der Waals surface area contributed by atoms with E-state index in [2.05, 4.69) is 15.9 Å². The van der Waals surface area contributed by atoms with Gasteiger partial charge in [0.2, 0.25) is 0 Å². The van der Waals surface area contributed by atoms with Crippen LogP contribution in [0.3, 0.4) is 0 Å². The summed E-state index contributed by atoms with van der Waals surface area (Å²) in [5, 5.41) is 0. The molecular formula is C10H9BrO2. The third-order valence-corrected chi connectivity index (χ3v) is 2.63. The highest BCUT2D eigenvalue weighted by molar-refractivity contribution is 9.10. The number of rotatable bonds is 1. The summed E-state index contributed by atoms with van der Waals surface area (Å²) in [5.41, 5.74) is 1.05. The predicted molar refractivity (Wildman–Crippen MR) is 55.2 cm³/mol. The van der Waals surface area contributed by atoms with Crippen LogP contribution >= 0.6 is 15.9 Å². The lowest BCUT2D eigenvalue weighted by molar-refractivity contribution is 0.322. The number of benzene rings is 1. The molecule has 0 radical (unpaired) electrons. The topological polar surface area (TPSA) is 18.5 Å². The molecule has 0 spiro atoms. The first kappa shape index (κ1) is 8.63. The molecule has 0 saturated heterocycles. The van der Waals surface area contributed by atoms with E-state index < -0.39 is 0 Å². The molecule has 2 nitrogen and oxygen atoms in total. The van der Waals surface area contributed by atoms with Crippen molar-refractivity contribution in [2.45, 2.75) is 0 Å². The zero-order chi connectivity index (χ0) is 9.26. The largest absolute Gasteiger partial charge is 0.493 e. The van der Waals surface area contributed by atoms with Crippen LogP contribution in [0, 0.1) is 0 Å². The Kier molecular flexibility index (Phi) is 2.27. The predicted octanol–water partition coefficient (Wildman–Crippen LogP) is 2.86. The summed E-state index contributed by atoms with van der Waals surface area (Å²) in [6.45, 7) is 0.611. The number of halogens is 1.